The Balaban J connectivity index is 2.07. The Hall–Kier alpha value is -0.700. The van der Waals surface area contributed by atoms with Crippen LogP contribution in [0.5, 0.6) is 0 Å². The summed E-state index contributed by atoms with van der Waals surface area (Å²) in [5.74, 6) is -0.722. The predicted molar refractivity (Wildman–Crippen MR) is 29.2 cm³/mol. The molecule has 2 aliphatic rings. The summed E-state index contributed by atoms with van der Waals surface area (Å²) in [4.78, 5) is 0. The van der Waals surface area contributed by atoms with E-state index in [9.17, 15) is 0 Å². The minimum atomic E-state index is -0.722. The minimum absolute atomic E-state index is 0.722. The van der Waals surface area contributed by atoms with Crippen molar-refractivity contribution in [3.8, 4) is 0 Å². The topological polar surface area (TPSA) is 27.7 Å². The molecule has 2 heterocycles. The molecule has 0 aromatic heterocycles. The van der Waals surface area contributed by atoms with E-state index in [0.717, 1.165) is 19.4 Å². The molecule has 1 fully saturated rings. The van der Waals surface area contributed by atoms with Crippen LogP contribution >= 0.6 is 0 Å². The molecule has 0 bridgehead atoms. The van der Waals surface area contributed by atoms with Gasteiger partial charge in [0.1, 0.15) is 12.5 Å². The Labute approximate surface area is 53.2 Å². The quantitative estimate of drug-likeness (QED) is 0.486. The summed E-state index contributed by atoms with van der Waals surface area (Å²) in [5, 5.41) is 0. The van der Waals surface area contributed by atoms with Crippen molar-refractivity contribution in [3.05, 3.63) is 12.5 Å². The van der Waals surface area contributed by atoms with Crippen molar-refractivity contribution < 1.29 is 14.2 Å². The number of rotatable bonds is 0. The van der Waals surface area contributed by atoms with Crippen molar-refractivity contribution in [1.82, 2.24) is 0 Å². The van der Waals surface area contributed by atoms with Gasteiger partial charge in [0.2, 0.25) is 0 Å². The number of hydrogen-bond donors (Lipinski definition) is 0. The van der Waals surface area contributed by atoms with Crippen molar-refractivity contribution in [3.63, 3.8) is 0 Å². The summed E-state index contributed by atoms with van der Waals surface area (Å²) in [6, 6.07) is 0. The average Bonchev–Trinajstić information content (AvgIpc) is 2.45. The van der Waals surface area contributed by atoms with Gasteiger partial charge < -0.3 is 14.2 Å². The van der Waals surface area contributed by atoms with Gasteiger partial charge in [-0.1, -0.05) is 0 Å². The van der Waals surface area contributed by atoms with Crippen molar-refractivity contribution in [2.24, 2.45) is 0 Å². The maximum absolute atomic E-state index is 5.19. The van der Waals surface area contributed by atoms with Crippen LogP contribution < -0.4 is 0 Å². The molecule has 1 saturated heterocycles. The van der Waals surface area contributed by atoms with Crippen LogP contribution in [-0.2, 0) is 14.2 Å². The molecule has 0 N–H and O–H groups in total. The van der Waals surface area contributed by atoms with E-state index in [2.05, 4.69) is 0 Å². The van der Waals surface area contributed by atoms with Crippen LogP contribution in [0.2, 0.25) is 0 Å². The first-order valence-corrected chi connectivity index (χ1v) is 3.06. The van der Waals surface area contributed by atoms with Gasteiger partial charge in [0, 0.05) is 0 Å². The smallest absolute Gasteiger partial charge is 0.370 e. The second-order valence-corrected chi connectivity index (χ2v) is 2.14. The maximum atomic E-state index is 5.19. The molecule has 0 amide bonds. The van der Waals surface area contributed by atoms with E-state index in [1.165, 1.54) is 12.5 Å². The van der Waals surface area contributed by atoms with Gasteiger partial charge in [0.05, 0.1) is 13.0 Å². The zero-order valence-corrected chi connectivity index (χ0v) is 5.00. The van der Waals surface area contributed by atoms with Crippen LogP contribution in [-0.4, -0.2) is 12.6 Å². The van der Waals surface area contributed by atoms with Gasteiger partial charge in [-0.05, 0) is 6.42 Å². The standard InChI is InChI=1S/C6H8O3/c1-2-6(7-3-1)8-4-5-9-6/h4-5H,1-3H2. The molecule has 50 valence electrons. The first-order chi connectivity index (χ1) is 4.41. The second-order valence-electron chi connectivity index (χ2n) is 2.14. The van der Waals surface area contributed by atoms with Gasteiger partial charge in [-0.2, -0.15) is 0 Å². The first kappa shape index (κ1) is 5.11. The number of ether oxygens (including phenoxy) is 3. The van der Waals surface area contributed by atoms with Crippen LogP contribution in [0.4, 0.5) is 0 Å². The summed E-state index contributed by atoms with van der Waals surface area (Å²) >= 11 is 0. The van der Waals surface area contributed by atoms with Crippen molar-refractivity contribution >= 4 is 0 Å². The Morgan fingerprint density at radius 2 is 2.00 bits per heavy atom. The fourth-order valence-corrected chi connectivity index (χ4v) is 1.07. The van der Waals surface area contributed by atoms with Crippen molar-refractivity contribution in [2.45, 2.75) is 18.8 Å². The fraction of sp³-hybridized carbons (Fsp3) is 0.667. The van der Waals surface area contributed by atoms with Crippen molar-refractivity contribution in [1.29, 1.82) is 0 Å². The third kappa shape index (κ3) is 0.685. The molecule has 1 spiro atoms. The van der Waals surface area contributed by atoms with E-state index >= 15 is 0 Å². The highest BCUT2D eigenvalue weighted by atomic mass is 16.9. The highest BCUT2D eigenvalue weighted by Crippen LogP contribution is 2.31. The zero-order chi connectivity index (χ0) is 6.16. The monoisotopic (exact) mass is 128 g/mol. The van der Waals surface area contributed by atoms with Crippen LogP contribution in [0.25, 0.3) is 0 Å². The molecule has 2 rings (SSSR count). The highest BCUT2D eigenvalue weighted by molar-refractivity contribution is 4.79. The Bertz CT molecular complexity index is 125. The third-order valence-corrected chi connectivity index (χ3v) is 1.50. The molecular formula is C6H8O3. The van der Waals surface area contributed by atoms with Crippen LogP contribution in [0.1, 0.15) is 12.8 Å². The largest absolute Gasteiger partial charge is 0.435 e. The molecular weight excluding hydrogens is 120 g/mol. The molecule has 0 aliphatic carbocycles. The summed E-state index contributed by atoms with van der Waals surface area (Å²) < 4.78 is 15.3. The van der Waals surface area contributed by atoms with E-state index in [4.69, 9.17) is 14.2 Å². The lowest BCUT2D eigenvalue weighted by Crippen LogP contribution is -2.27. The van der Waals surface area contributed by atoms with Gasteiger partial charge in [-0.3, -0.25) is 0 Å². The van der Waals surface area contributed by atoms with E-state index in [-0.39, 0.29) is 0 Å². The Morgan fingerprint density at radius 3 is 2.56 bits per heavy atom. The third-order valence-electron chi connectivity index (χ3n) is 1.50. The zero-order valence-electron chi connectivity index (χ0n) is 5.00. The second kappa shape index (κ2) is 1.64. The van der Waals surface area contributed by atoms with E-state index < -0.39 is 5.97 Å². The maximum Gasteiger partial charge on any atom is 0.370 e. The predicted octanol–water partition coefficient (Wildman–Crippen LogP) is 0.969. The Morgan fingerprint density at radius 1 is 1.22 bits per heavy atom. The molecule has 0 aromatic carbocycles. The lowest BCUT2D eigenvalue weighted by atomic mass is 10.3. The van der Waals surface area contributed by atoms with Crippen LogP contribution in [0, 0.1) is 0 Å². The molecule has 0 unspecified atom stereocenters. The summed E-state index contributed by atoms with van der Waals surface area (Å²) in [6.07, 6.45) is 4.89. The lowest BCUT2D eigenvalue weighted by molar-refractivity contribution is -0.296. The fourth-order valence-electron chi connectivity index (χ4n) is 1.07. The SMILES string of the molecule is C1=COC2(CCCO2)O1. The highest BCUT2D eigenvalue weighted by Gasteiger charge is 2.40. The first-order valence-electron chi connectivity index (χ1n) is 3.06. The van der Waals surface area contributed by atoms with Gasteiger partial charge in [0.15, 0.2) is 0 Å². The van der Waals surface area contributed by atoms with Gasteiger partial charge in [-0.15, -0.1) is 0 Å². The summed E-state index contributed by atoms with van der Waals surface area (Å²) in [6.45, 7) is 0.738. The Kier molecular flexibility index (Phi) is 0.931. The molecule has 0 aromatic rings. The van der Waals surface area contributed by atoms with Crippen LogP contribution in [0.3, 0.4) is 0 Å². The van der Waals surface area contributed by atoms with Crippen molar-refractivity contribution in [2.75, 3.05) is 6.61 Å². The molecule has 3 nitrogen and oxygen atoms in total. The molecule has 0 radical (unpaired) electrons. The van der Waals surface area contributed by atoms with E-state index in [0.29, 0.717) is 0 Å². The molecule has 0 atom stereocenters. The molecule has 2 aliphatic heterocycles. The normalized spacial score (nSPS) is 28.4. The summed E-state index contributed by atoms with van der Waals surface area (Å²) in [5.41, 5.74) is 0. The molecule has 9 heavy (non-hydrogen) atoms. The average molecular weight is 128 g/mol. The molecule has 0 saturated carbocycles. The molecule has 3 heteroatoms. The minimum Gasteiger partial charge on any atom is -0.435 e. The van der Waals surface area contributed by atoms with E-state index in [1.807, 2.05) is 0 Å². The number of hydrogen-bond acceptors (Lipinski definition) is 3. The van der Waals surface area contributed by atoms with E-state index in [1.54, 1.807) is 0 Å². The lowest BCUT2D eigenvalue weighted by Gasteiger charge is -2.19. The van der Waals surface area contributed by atoms with Gasteiger partial charge in [-0.25, -0.2) is 0 Å². The van der Waals surface area contributed by atoms with Gasteiger partial charge in [0.25, 0.3) is 0 Å². The van der Waals surface area contributed by atoms with Gasteiger partial charge >= 0.3 is 5.97 Å². The summed E-state index contributed by atoms with van der Waals surface area (Å²) in [7, 11) is 0. The van der Waals surface area contributed by atoms with Crippen LogP contribution in [0.15, 0.2) is 12.5 Å².